The topological polar surface area (TPSA) is 137 Å². The maximum atomic E-state index is 12.6. The second-order valence-electron chi connectivity index (χ2n) is 6.97. The van der Waals surface area contributed by atoms with Crippen LogP contribution in [0, 0.1) is 12.8 Å². The Labute approximate surface area is 170 Å². The standard InChI is InChI=1S/C19H21N5O4S/c1-10(2)8-24-15(20)14(16(26)21-18(24)27)13(25)9-29-19-23-22-17(28-19)12-6-4-11(3)5-7-12/h4-7,10H,8-9,20H2,1-3H3,(H,21,26,27). The average molecular weight is 415 g/mol. The highest BCUT2D eigenvalue weighted by molar-refractivity contribution is 7.99. The molecule has 0 unspecified atom stereocenters. The van der Waals surface area contributed by atoms with Crippen molar-refractivity contribution < 1.29 is 9.21 Å². The lowest BCUT2D eigenvalue weighted by Crippen LogP contribution is -2.37. The Balaban J connectivity index is 1.77. The van der Waals surface area contributed by atoms with E-state index in [4.69, 9.17) is 10.2 Å². The molecule has 0 aliphatic carbocycles. The van der Waals surface area contributed by atoms with E-state index in [0.717, 1.165) is 22.9 Å². The number of aryl methyl sites for hydroxylation is 1. The second-order valence-corrected chi connectivity index (χ2v) is 7.90. The molecule has 3 N–H and O–H groups in total. The molecule has 0 aliphatic rings. The summed E-state index contributed by atoms with van der Waals surface area (Å²) in [5, 5.41) is 8.09. The zero-order valence-corrected chi connectivity index (χ0v) is 17.1. The Morgan fingerprint density at radius 3 is 2.59 bits per heavy atom. The SMILES string of the molecule is Cc1ccc(-c2nnc(SCC(=O)c3c(N)n(CC(C)C)c(=O)[nH]c3=O)o2)cc1. The van der Waals surface area contributed by atoms with Crippen LogP contribution in [0.5, 0.6) is 0 Å². The summed E-state index contributed by atoms with van der Waals surface area (Å²) in [6.45, 7) is 6.06. The maximum Gasteiger partial charge on any atom is 0.329 e. The molecule has 1 aromatic carbocycles. The molecule has 0 radical (unpaired) electrons. The van der Waals surface area contributed by atoms with Crippen molar-refractivity contribution in [1.29, 1.82) is 0 Å². The smallest absolute Gasteiger partial charge is 0.329 e. The van der Waals surface area contributed by atoms with Crippen LogP contribution >= 0.6 is 11.8 Å². The number of hydrogen-bond acceptors (Lipinski definition) is 8. The minimum atomic E-state index is -0.802. The Morgan fingerprint density at radius 1 is 1.24 bits per heavy atom. The van der Waals surface area contributed by atoms with E-state index in [1.807, 2.05) is 45.0 Å². The molecule has 0 spiro atoms. The second kappa shape index (κ2) is 8.48. The number of anilines is 1. The number of benzene rings is 1. The lowest BCUT2D eigenvalue weighted by molar-refractivity contribution is 0.102. The molecule has 2 aromatic heterocycles. The monoisotopic (exact) mass is 415 g/mol. The van der Waals surface area contributed by atoms with Gasteiger partial charge in [0.1, 0.15) is 11.4 Å². The average Bonchev–Trinajstić information content (AvgIpc) is 3.13. The van der Waals surface area contributed by atoms with Gasteiger partial charge in [0.25, 0.3) is 10.8 Å². The van der Waals surface area contributed by atoms with E-state index in [0.29, 0.717) is 12.4 Å². The number of nitrogen functional groups attached to an aromatic ring is 1. The molecular formula is C19H21N5O4S. The van der Waals surface area contributed by atoms with E-state index in [1.165, 1.54) is 4.57 Å². The van der Waals surface area contributed by atoms with Gasteiger partial charge in [-0.05, 0) is 25.0 Å². The van der Waals surface area contributed by atoms with Crippen LogP contribution < -0.4 is 17.0 Å². The van der Waals surface area contributed by atoms with Crippen molar-refractivity contribution >= 4 is 23.4 Å². The zero-order valence-electron chi connectivity index (χ0n) is 16.3. The summed E-state index contributed by atoms with van der Waals surface area (Å²) in [7, 11) is 0. The van der Waals surface area contributed by atoms with Gasteiger partial charge in [0, 0.05) is 12.1 Å². The Hall–Kier alpha value is -3.14. The number of carbonyl (C=O) groups excluding carboxylic acids is 1. The molecule has 10 heteroatoms. The lowest BCUT2D eigenvalue weighted by Gasteiger charge is -2.13. The molecule has 3 aromatic rings. The van der Waals surface area contributed by atoms with Crippen LogP contribution in [-0.4, -0.2) is 31.3 Å². The van der Waals surface area contributed by atoms with Crippen LogP contribution in [-0.2, 0) is 6.54 Å². The van der Waals surface area contributed by atoms with Crippen LogP contribution in [0.1, 0.15) is 29.8 Å². The molecular weight excluding hydrogens is 394 g/mol. The fourth-order valence-electron chi connectivity index (χ4n) is 2.68. The van der Waals surface area contributed by atoms with Crippen LogP contribution in [0.3, 0.4) is 0 Å². The fourth-order valence-corrected chi connectivity index (χ4v) is 3.32. The molecule has 9 nitrogen and oxygen atoms in total. The molecule has 0 bridgehead atoms. The molecule has 0 fully saturated rings. The highest BCUT2D eigenvalue weighted by Gasteiger charge is 2.21. The summed E-state index contributed by atoms with van der Waals surface area (Å²) in [4.78, 5) is 38.9. The highest BCUT2D eigenvalue weighted by Crippen LogP contribution is 2.24. The molecule has 0 amide bonds. The van der Waals surface area contributed by atoms with Gasteiger partial charge in [0.15, 0.2) is 5.78 Å². The lowest BCUT2D eigenvalue weighted by atomic mass is 10.1. The molecule has 2 heterocycles. The first-order valence-corrected chi connectivity index (χ1v) is 9.94. The Bertz CT molecular complexity index is 1140. The predicted molar refractivity (Wildman–Crippen MR) is 110 cm³/mol. The quantitative estimate of drug-likeness (QED) is 0.442. The third-order valence-corrected chi connectivity index (χ3v) is 4.92. The minimum Gasteiger partial charge on any atom is -0.411 e. The molecule has 29 heavy (non-hydrogen) atoms. The predicted octanol–water partition coefficient (Wildman–Crippen LogP) is 2.11. The van der Waals surface area contributed by atoms with Crippen LogP contribution in [0.2, 0.25) is 0 Å². The molecule has 0 saturated heterocycles. The Kier molecular flexibility index (Phi) is 6.02. The number of nitrogens with two attached hydrogens (primary N) is 1. The van der Waals surface area contributed by atoms with E-state index < -0.39 is 17.0 Å². The number of ketones is 1. The van der Waals surface area contributed by atoms with Crippen LogP contribution in [0.25, 0.3) is 11.5 Å². The fraction of sp³-hybridized carbons (Fsp3) is 0.316. The van der Waals surface area contributed by atoms with Gasteiger partial charge < -0.3 is 10.2 Å². The molecule has 3 rings (SSSR count). The van der Waals surface area contributed by atoms with Crippen molar-refractivity contribution in [3.8, 4) is 11.5 Å². The van der Waals surface area contributed by atoms with Gasteiger partial charge in [-0.2, -0.15) is 0 Å². The number of nitrogens with zero attached hydrogens (tertiary/aromatic N) is 3. The third-order valence-electron chi connectivity index (χ3n) is 4.10. The van der Waals surface area contributed by atoms with Gasteiger partial charge in [0.2, 0.25) is 5.89 Å². The number of thioether (sulfide) groups is 1. The van der Waals surface area contributed by atoms with Gasteiger partial charge in [-0.3, -0.25) is 19.1 Å². The van der Waals surface area contributed by atoms with Crippen molar-refractivity contribution in [2.75, 3.05) is 11.5 Å². The van der Waals surface area contributed by atoms with Gasteiger partial charge in [-0.1, -0.05) is 43.3 Å². The van der Waals surface area contributed by atoms with Crippen LogP contribution in [0.4, 0.5) is 5.82 Å². The normalized spacial score (nSPS) is 11.2. The first-order chi connectivity index (χ1) is 13.8. The Morgan fingerprint density at radius 2 is 1.93 bits per heavy atom. The minimum absolute atomic E-state index is 0.108. The third kappa shape index (κ3) is 4.65. The summed E-state index contributed by atoms with van der Waals surface area (Å²) < 4.78 is 6.77. The number of Topliss-reactive ketones (excluding diaryl/α,β-unsaturated/α-hetero) is 1. The van der Waals surface area contributed by atoms with E-state index in [-0.39, 0.29) is 28.3 Å². The summed E-state index contributed by atoms with van der Waals surface area (Å²) in [6, 6.07) is 7.58. The van der Waals surface area contributed by atoms with Gasteiger partial charge >= 0.3 is 5.69 Å². The van der Waals surface area contributed by atoms with E-state index in [9.17, 15) is 14.4 Å². The zero-order chi connectivity index (χ0) is 21.1. The van der Waals surface area contributed by atoms with Crippen molar-refractivity contribution in [2.24, 2.45) is 5.92 Å². The van der Waals surface area contributed by atoms with Gasteiger partial charge in [-0.25, -0.2) is 4.79 Å². The van der Waals surface area contributed by atoms with Crippen molar-refractivity contribution in [3.05, 3.63) is 56.2 Å². The number of rotatable bonds is 7. The van der Waals surface area contributed by atoms with Gasteiger partial charge in [-0.15, -0.1) is 10.2 Å². The number of aromatic nitrogens is 4. The van der Waals surface area contributed by atoms with E-state index >= 15 is 0 Å². The summed E-state index contributed by atoms with van der Waals surface area (Å²) in [6.07, 6.45) is 0. The van der Waals surface area contributed by atoms with E-state index in [2.05, 4.69) is 15.2 Å². The van der Waals surface area contributed by atoms with Crippen molar-refractivity contribution in [1.82, 2.24) is 19.7 Å². The highest BCUT2D eigenvalue weighted by atomic mass is 32.2. The molecule has 152 valence electrons. The van der Waals surface area contributed by atoms with Gasteiger partial charge in [0.05, 0.1) is 5.75 Å². The van der Waals surface area contributed by atoms with E-state index in [1.54, 1.807) is 0 Å². The molecule has 0 aliphatic heterocycles. The van der Waals surface area contributed by atoms with Crippen molar-refractivity contribution in [2.45, 2.75) is 32.5 Å². The summed E-state index contributed by atoms with van der Waals surface area (Å²) in [5.41, 5.74) is 6.15. The van der Waals surface area contributed by atoms with Crippen molar-refractivity contribution in [3.63, 3.8) is 0 Å². The number of aromatic amines is 1. The molecule has 0 saturated carbocycles. The number of hydrogen-bond donors (Lipinski definition) is 2. The molecule has 0 atom stereocenters. The number of H-pyrrole nitrogens is 1. The summed E-state index contributed by atoms with van der Waals surface area (Å²) >= 11 is 0.998. The number of carbonyl (C=O) groups is 1. The number of nitrogens with one attached hydrogen (secondary N) is 1. The first kappa shape index (κ1) is 20.6. The summed E-state index contributed by atoms with van der Waals surface area (Å²) in [5.74, 6) is -0.354. The first-order valence-electron chi connectivity index (χ1n) is 8.95. The van der Waals surface area contributed by atoms with Crippen LogP contribution in [0.15, 0.2) is 43.5 Å². The maximum absolute atomic E-state index is 12.6. The largest absolute Gasteiger partial charge is 0.411 e.